The third-order valence-electron chi connectivity index (χ3n) is 4.96. The molecule has 0 aliphatic heterocycles. The average molecular weight is 354 g/mol. The Labute approximate surface area is 144 Å². The number of hydrogen-bond donors (Lipinski definition) is 2. The van der Waals surface area contributed by atoms with Crippen molar-refractivity contribution in [3.8, 4) is 0 Å². The van der Waals surface area contributed by atoms with Gasteiger partial charge in [0.25, 0.3) is 0 Å². The van der Waals surface area contributed by atoms with Gasteiger partial charge in [0.2, 0.25) is 11.8 Å². The summed E-state index contributed by atoms with van der Waals surface area (Å²) in [5.41, 5.74) is -0.418. The maximum absolute atomic E-state index is 13.6. The van der Waals surface area contributed by atoms with Gasteiger partial charge in [0.15, 0.2) is 17.5 Å². The zero-order valence-electron chi connectivity index (χ0n) is 13.8. The van der Waals surface area contributed by atoms with Crippen molar-refractivity contribution in [1.29, 1.82) is 0 Å². The lowest BCUT2D eigenvalue weighted by atomic mass is 10.1. The highest BCUT2D eigenvalue weighted by molar-refractivity contribution is 5.99. The third kappa shape index (κ3) is 4.14. The Hall–Kier alpha value is -2.05. The van der Waals surface area contributed by atoms with Crippen LogP contribution >= 0.6 is 0 Å². The van der Waals surface area contributed by atoms with Crippen LogP contribution in [0.15, 0.2) is 12.1 Å². The lowest BCUT2D eigenvalue weighted by Gasteiger charge is -2.16. The van der Waals surface area contributed by atoms with Crippen molar-refractivity contribution in [1.82, 2.24) is 5.32 Å². The van der Waals surface area contributed by atoms with Crippen LogP contribution in [-0.2, 0) is 9.59 Å². The minimum Gasteiger partial charge on any atom is -0.353 e. The van der Waals surface area contributed by atoms with Crippen LogP contribution in [0.2, 0.25) is 0 Å². The topological polar surface area (TPSA) is 58.2 Å². The second-order valence-electron chi connectivity index (χ2n) is 6.86. The summed E-state index contributed by atoms with van der Waals surface area (Å²) < 4.78 is 39.7. The van der Waals surface area contributed by atoms with Gasteiger partial charge < -0.3 is 10.6 Å². The fourth-order valence-electron chi connectivity index (χ4n) is 3.35. The van der Waals surface area contributed by atoms with Crippen LogP contribution in [-0.4, -0.2) is 17.9 Å². The van der Waals surface area contributed by atoms with Gasteiger partial charge in [-0.3, -0.25) is 9.59 Å². The smallest absolute Gasteiger partial charge is 0.228 e. The molecule has 0 bridgehead atoms. The normalized spacial score (nSPS) is 23.6. The molecule has 2 amide bonds. The molecule has 4 nitrogen and oxygen atoms in total. The molecule has 3 rings (SSSR count). The Morgan fingerprint density at radius 2 is 1.52 bits per heavy atom. The number of halogens is 3. The minimum atomic E-state index is -1.63. The first-order valence-corrected chi connectivity index (χ1v) is 8.72. The van der Waals surface area contributed by atoms with Gasteiger partial charge in [-0.2, -0.15) is 0 Å². The molecule has 2 aliphatic rings. The van der Waals surface area contributed by atoms with E-state index in [1.165, 1.54) is 12.8 Å². The zero-order chi connectivity index (χ0) is 18.0. The Morgan fingerprint density at radius 3 is 2.20 bits per heavy atom. The van der Waals surface area contributed by atoms with Crippen molar-refractivity contribution in [3.05, 3.63) is 29.6 Å². The lowest BCUT2D eigenvalue weighted by Crippen LogP contribution is -2.36. The van der Waals surface area contributed by atoms with Gasteiger partial charge in [0.05, 0.1) is 17.5 Å². The van der Waals surface area contributed by atoms with Crippen LogP contribution in [0.3, 0.4) is 0 Å². The van der Waals surface area contributed by atoms with Crippen molar-refractivity contribution >= 4 is 17.5 Å². The fraction of sp³-hybridized carbons (Fsp3) is 0.556. The molecule has 1 aromatic rings. The number of carbonyl (C=O) groups is 2. The molecule has 2 fully saturated rings. The molecule has 2 N–H and O–H groups in total. The Balaban J connectivity index is 1.53. The van der Waals surface area contributed by atoms with Crippen molar-refractivity contribution in [2.24, 2.45) is 11.8 Å². The Bertz CT molecular complexity index is 673. The quantitative estimate of drug-likeness (QED) is 0.642. The molecule has 2 saturated carbocycles. The molecular weight excluding hydrogens is 333 g/mol. The van der Waals surface area contributed by atoms with E-state index >= 15 is 0 Å². The molecule has 0 spiro atoms. The number of amides is 2. The van der Waals surface area contributed by atoms with E-state index in [0.29, 0.717) is 6.42 Å². The van der Waals surface area contributed by atoms with E-state index in [9.17, 15) is 22.8 Å². The van der Waals surface area contributed by atoms with Crippen LogP contribution in [0.5, 0.6) is 0 Å². The molecule has 0 saturated heterocycles. The second kappa shape index (κ2) is 7.45. The second-order valence-corrected chi connectivity index (χ2v) is 6.86. The number of hydrogen-bond acceptors (Lipinski definition) is 2. The summed E-state index contributed by atoms with van der Waals surface area (Å²) in [5, 5.41) is 5.23. The molecule has 2 unspecified atom stereocenters. The van der Waals surface area contributed by atoms with Crippen LogP contribution < -0.4 is 10.6 Å². The van der Waals surface area contributed by atoms with Gasteiger partial charge in [-0.15, -0.1) is 0 Å². The summed E-state index contributed by atoms with van der Waals surface area (Å²) in [5.74, 6) is -6.08. The van der Waals surface area contributed by atoms with E-state index in [4.69, 9.17) is 0 Å². The van der Waals surface area contributed by atoms with Gasteiger partial charge in [0, 0.05) is 6.04 Å². The predicted octanol–water partition coefficient (Wildman–Crippen LogP) is 3.52. The summed E-state index contributed by atoms with van der Waals surface area (Å²) in [6.07, 6.45) is 6.84. The molecule has 7 heteroatoms. The summed E-state index contributed by atoms with van der Waals surface area (Å²) in [6.45, 7) is 0. The first-order chi connectivity index (χ1) is 12.0. The van der Waals surface area contributed by atoms with E-state index in [-0.39, 0.29) is 11.9 Å². The predicted molar refractivity (Wildman–Crippen MR) is 86.2 cm³/mol. The van der Waals surface area contributed by atoms with E-state index in [2.05, 4.69) is 10.6 Å². The number of nitrogens with one attached hydrogen (secondary N) is 2. The number of benzene rings is 1. The zero-order valence-corrected chi connectivity index (χ0v) is 13.8. The summed E-state index contributed by atoms with van der Waals surface area (Å²) in [4.78, 5) is 24.4. The van der Waals surface area contributed by atoms with Gasteiger partial charge >= 0.3 is 0 Å². The largest absolute Gasteiger partial charge is 0.353 e. The number of rotatable bonds is 4. The van der Waals surface area contributed by atoms with E-state index in [1.54, 1.807) is 0 Å². The highest BCUT2D eigenvalue weighted by Crippen LogP contribution is 2.40. The lowest BCUT2D eigenvalue weighted by molar-refractivity contribution is -0.125. The maximum Gasteiger partial charge on any atom is 0.228 e. The minimum absolute atomic E-state index is 0.155. The molecule has 136 valence electrons. The van der Waals surface area contributed by atoms with Crippen molar-refractivity contribution in [2.45, 2.75) is 51.0 Å². The van der Waals surface area contributed by atoms with E-state index < -0.39 is 40.9 Å². The molecular formula is C18H21F3N2O2. The highest BCUT2D eigenvalue weighted by atomic mass is 19.2. The Kier molecular flexibility index (Phi) is 5.30. The summed E-state index contributed by atoms with van der Waals surface area (Å²) >= 11 is 0. The molecule has 2 atom stereocenters. The molecule has 25 heavy (non-hydrogen) atoms. The highest BCUT2D eigenvalue weighted by Gasteiger charge is 2.48. The van der Waals surface area contributed by atoms with E-state index in [0.717, 1.165) is 37.8 Å². The maximum atomic E-state index is 13.6. The third-order valence-corrected chi connectivity index (χ3v) is 4.96. The Morgan fingerprint density at radius 1 is 0.880 bits per heavy atom. The van der Waals surface area contributed by atoms with Gasteiger partial charge in [-0.25, -0.2) is 13.2 Å². The summed E-state index contributed by atoms with van der Waals surface area (Å²) in [6, 6.07) is 1.87. The van der Waals surface area contributed by atoms with Crippen LogP contribution in [0.1, 0.15) is 44.9 Å². The number of carbonyl (C=O) groups excluding carboxylic acids is 2. The first kappa shape index (κ1) is 17.8. The van der Waals surface area contributed by atoms with Crippen molar-refractivity contribution in [2.75, 3.05) is 5.32 Å². The molecule has 0 heterocycles. The van der Waals surface area contributed by atoms with Crippen LogP contribution in [0.4, 0.5) is 18.9 Å². The SMILES string of the molecule is O=C(Nc1ccc(F)c(F)c1F)C1CC1C(=O)NC1CCCCCC1. The average Bonchev–Trinajstić information content (AvgIpc) is 3.40. The van der Waals surface area contributed by atoms with Crippen molar-refractivity contribution in [3.63, 3.8) is 0 Å². The number of anilines is 1. The van der Waals surface area contributed by atoms with Crippen molar-refractivity contribution < 1.29 is 22.8 Å². The summed E-state index contributed by atoms with van der Waals surface area (Å²) in [7, 11) is 0. The molecule has 0 aromatic heterocycles. The van der Waals surface area contributed by atoms with Gasteiger partial charge in [-0.05, 0) is 31.4 Å². The molecule has 2 aliphatic carbocycles. The molecule has 0 radical (unpaired) electrons. The van der Waals surface area contributed by atoms with Gasteiger partial charge in [-0.1, -0.05) is 25.7 Å². The van der Waals surface area contributed by atoms with Crippen LogP contribution in [0, 0.1) is 29.3 Å². The monoisotopic (exact) mass is 354 g/mol. The van der Waals surface area contributed by atoms with E-state index in [1.807, 2.05) is 0 Å². The van der Waals surface area contributed by atoms with Crippen LogP contribution in [0.25, 0.3) is 0 Å². The van der Waals surface area contributed by atoms with Gasteiger partial charge in [0.1, 0.15) is 0 Å². The first-order valence-electron chi connectivity index (χ1n) is 8.72. The standard InChI is InChI=1S/C18H21F3N2O2/c19-13-7-8-14(16(21)15(13)20)23-18(25)12-9-11(12)17(24)22-10-5-3-1-2-4-6-10/h7-8,10-12H,1-6,9H2,(H,22,24)(H,23,25). The molecule has 1 aromatic carbocycles. The fourth-order valence-corrected chi connectivity index (χ4v) is 3.35.